The summed E-state index contributed by atoms with van der Waals surface area (Å²) in [6.07, 6.45) is 0. The average Bonchev–Trinajstić information content (AvgIpc) is 2.51. The zero-order valence-corrected chi connectivity index (χ0v) is 13.8. The standard InChI is InChI=1S/C14H14N2.2C2H6/c1-9-6-13(16-3)7-11-4-5-12(8-15)10(2)14(9)11;2*1-2/h4-7,16H,1-3H3;2*1-2H3. The van der Waals surface area contributed by atoms with E-state index < -0.39 is 0 Å². The number of fused-ring (bicyclic) bond motifs is 1. The monoisotopic (exact) mass is 270 g/mol. The van der Waals surface area contributed by atoms with Crippen molar-refractivity contribution < 1.29 is 0 Å². The van der Waals surface area contributed by atoms with E-state index in [1.165, 1.54) is 16.3 Å². The maximum atomic E-state index is 9.01. The van der Waals surface area contributed by atoms with Gasteiger partial charge in [0.2, 0.25) is 0 Å². The van der Waals surface area contributed by atoms with Gasteiger partial charge in [-0.05, 0) is 53.9 Å². The number of aryl methyl sites for hydroxylation is 2. The summed E-state index contributed by atoms with van der Waals surface area (Å²) in [6.45, 7) is 12.1. The van der Waals surface area contributed by atoms with Gasteiger partial charge in [0.15, 0.2) is 0 Å². The second-order valence-electron chi connectivity index (χ2n) is 3.99. The van der Waals surface area contributed by atoms with Gasteiger partial charge in [0.25, 0.3) is 0 Å². The molecule has 0 amide bonds. The summed E-state index contributed by atoms with van der Waals surface area (Å²) < 4.78 is 0. The fraction of sp³-hybridized carbons (Fsp3) is 0.389. The highest BCUT2D eigenvalue weighted by Crippen LogP contribution is 2.28. The van der Waals surface area contributed by atoms with Crippen LogP contribution >= 0.6 is 0 Å². The Hall–Kier alpha value is -2.01. The molecule has 2 nitrogen and oxygen atoms in total. The maximum absolute atomic E-state index is 9.01. The van der Waals surface area contributed by atoms with Crippen molar-refractivity contribution in [2.24, 2.45) is 0 Å². The number of rotatable bonds is 1. The zero-order valence-electron chi connectivity index (χ0n) is 13.8. The Balaban J connectivity index is 0.000000829. The molecule has 0 unspecified atom stereocenters. The molecule has 0 aliphatic carbocycles. The van der Waals surface area contributed by atoms with Crippen molar-refractivity contribution in [3.63, 3.8) is 0 Å². The van der Waals surface area contributed by atoms with Crippen molar-refractivity contribution in [2.75, 3.05) is 12.4 Å². The van der Waals surface area contributed by atoms with Gasteiger partial charge in [-0.25, -0.2) is 0 Å². The van der Waals surface area contributed by atoms with Gasteiger partial charge in [-0.15, -0.1) is 0 Å². The van der Waals surface area contributed by atoms with Crippen molar-refractivity contribution in [2.45, 2.75) is 41.5 Å². The highest BCUT2D eigenvalue weighted by molar-refractivity contribution is 5.92. The third kappa shape index (κ3) is 3.74. The Labute approximate surface area is 123 Å². The van der Waals surface area contributed by atoms with E-state index in [1.807, 2.05) is 53.8 Å². The van der Waals surface area contributed by atoms with Gasteiger partial charge in [-0.1, -0.05) is 33.8 Å². The molecular weight excluding hydrogens is 244 g/mol. The van der Waals surface area contributed by atoms with Crippen LogP contribution in [-0.2, 0) is 0 Å². The molecule has 0 fully saturated rings. The summed E-state index contributed by atoms with van der Waals surface area (Å²) in [6, 6.07) is 10.3. The van der Waals surface area contributed by atoms with Crippen LogP contribution in [0, 0.1) is 25.2 Å². The molecule has 0 atom stereocenters. The lowest BCUT2D eigenvalue weighted by Gasteiger charge is -2.10. The second kappa shape index (κ2) is 8.98. The molecule has 2 heteroatoms. The second-order valence-corrected chi connectivity index (χ2v) is 3.99. The number of nitrogens with one attached hydrogen (secondary N) is 1. The molecule has 0 aromatic heterocycles. The average molecular weight is 270 g/mol. The van der Waals surface area contributed by atoms with Crippen LogP contribution in [0.4, 0.5) is 5.69 Å². The van der Waals surface area contributed by atoms with Crippen molar-refractivity contribution in [3.8, 4) is 6.07 Å². The predicted molar refractivity (Wildman–Crippen MR) is 90.4 cm³/mol. The number of hydrogen-bond donors (Lipinski definition) is 1. The van der Waals surface area contributed by atoms with Crippen LogP contribution in [0.3, 0.4) is 0 Å². The van der Waals surface area contributed by atoms with Gasteiger partial charge < -0.3 is 5.32 Å². The summed E-state index contributed by atoms with van der Waals surface area (Å²) in [7, 11) is 1.91. The molecule has 1 N–H and O–H groups in total. The normalized spacial score (nSPS) is 8.70. The van der Waals surface area contributed by atoms with Gasteiger partial charge in [0, 0.05) is 12.7 Å². The highest BCUT2D eigenvalue weighted by atomic mass is 14.8. The molecule has 2 rings (SSSR count). The Morgan fingerprint density at radius 1 is 1.00 bits per heavy atom. The number of benzene rings is 2. The van der Waals surface area contributed by atoms with Crippen molar-refractivity contribution >= 4 is 16.5 Å². The molecule has 0 heterocycles. The predicted octanol–water partition coefficient (Wildman–Crippen LogP) is 5.42. The minimum Gasteiger partial charge on any atom is -0.388 e. The van der Waals surface area contributed by atoms with Gasteiger partial charge >= 0.3 is 0 Å². The van der Waals surface area contributed by atoms with E-state index in [0.29, 0.717) is 0 Å². The summed E-state index contributed by atoms with van der Waals surface area (Å²) in [4.78, 5) is 0. The Morgan fingerprint density at radius 3 is 2.10 bits per heavy atom. The molecule has 108 valence electrons. The molecule has 0 saturated heterocycles. The molecule has 0 aliphatic rings. The lowest BCUT2D eigenvalue weighted by atomic mass is 9.96. The van der Waals surface area contributed by atoms with E-state index in [4.69, 9.17) is 5.26 Å². The molecular formula is C18H26N2. The van der Waals surface area contributed by atoms with Crippen LogP contribution in [0.2, 0.25) is 0 Å². The third-order valence-corrected chi connectivity index (χ3v) is 2.98. The quantitative estimate of drug-likeness (QED) is 0.750. The number of anilines is 1. The van der Waals surface area contributed by atoms with E-state index in [-0.39, 0.29) is 0 Å². The molecule has 0 bridgehead atoms. The SMILES string of the molecule is CC.CC.CNc1cc(C)c2c(C)c(C#N)ccc2c1. The van der Waals surface area contributed by atoms with Crippen LogP contribution < -0.4 is 5.32 Å². The lowest BCUT2D eigenvalue weighted by Crippen LogP contribution is -1.92. The van der Waals surface area contributed by atoms with Crippen molar-refractivity contribution in [3.05, 3.63) is 41.0 Å². The largest absolute Gasteiger partial charge is 0.388 e. The lowest BCUT2D eigenvalue weighted by molar-refractivity contribution is 1.40. The van der Waals surface area contributed by atoms with Crippen LogP contribution in [0.5, 0.6) is 0 Å². The van der Waals surface area contributed by atoms with E-state index in [2.05, 4.69) is 30.4 Å². The van der Waals surface area contributed by atoms with Crippen LogP contribution in [0.15, 0.2) is 24.3 Å². The molecule has 0 radical (unpaired) electrons. The topological polar surface area (TPSA) is 35.8 Å². The molecule has 20 heavy (non-hydrogen) atoms. The van der Waals surface area contributed by atoms with E-state index in [0.717, 1.165) is 16.8 Å². The summed E-state index contributed by atoms with van der Waals surface area (Å²) in [5, 5.41) is 14.5. The van der Waals surface area contributed by atoms with Crippen LogP contribution in [0.1, 0.15) is 44.4 Å². The number of nitriles is 1. The fourth-order valence-electron chi connectivity index (χ4n) is 2.16. The molecule has 2 aromatic carbocycles. The van der Waals surface area contributed by atoms with Crippen molar-refractivity contribution in [1.82, 2.24) is 0 Å². The smallest absolute Gasteiger partial charge is 0.0994 e. The summed E-state index contributed by atoms with van der Waals surface area (Å²) in [5.74, 6) is 0. The number of nitrogens with zero attached hydrogens (tertiary/aromatic N) is 1. The molecule has 0 spiro atoms. The minimum absolute atomic E-state index is 0.757. The Kier molecular flexibility index (Phi) is 8.08. The number of hydrogen-bond acceptors (Lipinski definition) is 2. The minimum atomic E-state index is 0.757. The van der Waals surface area contributed by atoms with Gasteiger partial charge in [0.05, 0.1) is 11.6 Å². The van der Waals surface area contributed by atoms with E-state index >= 15 is 0 Å². The van der Waals surface area contributed by atoms with Gasteiger partial charge in [0.1, 0.15) is 0 Å². The van der Waals surface area contributed by atoms with Crippen molar-refractivity contribution in [1.29, 1.82) is 5.26 Å². The molecule has 2 aromatic rings. The van der Waals surface area contributed by atoms with E-state index in [9.17, 15) is 0 Å². The van der Waals surface area contributed by atoms with Gasteiger partial charge in [-0.2, -0.15) is 5.26 Å². The first-order valence-corrected chi connectivity index (χ1v) is 7.29. The fourth-order valence-corrected chi connectivity index (χ4v) is 2.16. The van der Waals surface area contributed by atoms with Crippen LogP contribution in [0.25, 0.3) is 10.8 Å². The first kappa shape index (κ1) is 18.0. The van der Waals surface area contributed by atoms with Gasteiger partial charge in [-0.3, -0.25) is 0 Å². The highest BCUT2D eigenvalue weighted by Gasteiger charge is 2.06. The van der Waals surface area contributed by atoms with E-state index in [1.54, 1.807) is 0 Å². The Bertz CT molecular complexity index is 592. The van der Waals surface area contributed by atoms with Crippen LogP contribution in [-0.4, -0.2) is 7.05 Å². The first-order valence-electron chi connectivity index (χ1n) is 7.29. The zero-order chi connectivity index (χ0) is 15.7. The Morgan fingerprint density at radius 2 is 1.60 bits per heavy atom. The third-order valence-electron chi connectivity index (χ3n) is 2.98. The maximum Gasteiger partial charge on any atom is 0.0994 e. The summed E-state index contributed by atoms with van der Waals surface area (Å²) in [5.41, 5.74) is 4.14. The first-order chi connectivity index (χ1) is 9.67. The molecule has 0 saturated carbocycles. The molecule has 0 aliphatic heterocycles. The summed E-state index contributed by atoms with van der Waals surface area (Å²) >= 11 is 0.